The van der Waals surface area contributed by atoms with Crippen LogP contribution in [0.5, 0.6) is 0 Å². The summed E-state index contributed by atoms with van der Waals surface area (Å²) in [5.74, 6) is -2.12. The monoisotopic (exact) mass is 507 g/mol. The number of ketones is 1. The standard InChI is InChI=1S/C28H33N3O4S/c1-18-23(17-31(2)30-18)26(27(33)29-21-8-5-4-6-9-21)25(24(32)16-22-10-7-15-36-22)19-11-13-20(14-12-19)28(34)35-3/h7,10-15,17,21,25-26H,4-6,8-9,16H2,1-3H3,(H,29,33). The number of nitrogens with zero attached hydrogens (tertiary/aromatic N) is 2. The lowest BCUT2D eigenvalue weighted by Gasteiger charge is -2.29. The number of aryl methyl sites for hydroxylation is 2. The van der Waals surface area contributed by atoms with Gasteiger partial charge in [0.25, 0.3) is 0 Å². The number of benzene rings is 1. The van der Waals surface area contributed by atoms with Gasteiger partial charge >= 0.3 is 5.97 Å². The van der Waals surface area contributed by atoms with Crippen molar-refractivity contribution < 1.29 is 19.1 Å². The third kappa shape index (κ3) is 5.93. The fourth-order valence-corrected chi connectivity index (χ4v) is 5.85. The zero-order chi connectivity index (χ0) is 25.7. The van der Waals surface area contributed by atoms with Gasteiger partial charge in [-0.25, -0.2) is 4.79 Å². The van der Waals surface area contributed by atoms with Crippen molar-refractivity contribution in [2.24, 2.45) is 7.05 Å². The summed E-state index contributed by atoms with van der Waals surface area (Å²) in [6.07, 6.45) is 7.35. The van der Waals surface area contributed by atoms with E-state index in [1.165, 1.54) is 24.9 Å². The minimum absolute atomic E-state index is 0.0460. The number of hydrogen-bond acceptors (Lipinski definition) is 6. The van der Waals surface area contributed by atoms with Gasteiger partial charge in [0.1, 0.15) is 5.78 Å². The summed E-state index contributed by atoms with van der Waals surface area (Å²) in [6, 6.07) is 10.8. The number of aromatic nitrogens is 2. The number of ether oxygens (including phenoxy) is 1. The molecule has 4 rings (SSSR count). The van der Waals surface area contributed by atoms with Gasteiger partial charge in [-0.1, -0.05) is 37.5 Å². The van der Waals surface area contributed by atoms with E-state index >= 15 is 0 Å². The van der Waals surface area contributed by atoms with Crippen molar-refractivity contribution in [3.63, 3.8) is 0 Å². The van der Waals surface area contributed by atoms with Crippen molar-refractivity contribution in [2.45, 2.75) is 63.3 Å². The van der Waals surface area contributed by atoms with E-state index in [4.69, 9.17) is 4.74 Å². The second kappa shape index (κ2) is 11.6. The maximum Gasteiger partial charge on any atom is 0.337 e. The first kappa shape index (κ1) is 25.8. The Labute approximate surface area is 215 Å². The summed E-state index contributed by atoms with van der Waals surface area (Å²) < 4.78 is 6.52. The number of methoxy groups -OCH3 is 1. The van der Waals surface area contributed by atoms with Crippen LogP contribution in [0.25, 0.3) is 0 Å². The molecular formula is C28H33N3O4S. The average Bonchev–Trinajstić information content (AvgIpc) is 3.51. The molecule has 2 heterocycles. The van der Waals surface area contributed by atoms with Crippen LogP contribution < -0.4 is 5.32 Å². The lowest BCUT2D eigenvalue weighted by Crippen LogP contribution is -2.42. The van der Waals surface area contributed by atoms with Crippen LogP contribution in [0.3, 0.4) is 0 Å². The van der Waals surface area contributed by atoms with E-state index in [9.17, 15) is 14.4 Å². The van der Waals surface area contributed by atoms with Crippen LogP contribution in [0.4, 0.5) is 0 Å². The van der Waals surface area contributed by atoms with E-state index in [0.717, 1.165) is 41.8 Å². The van der Waals surface area contributed by atoms with E-state index in [1.807, 2.05) is 37.7 Å². The second-order valence-corrected chi connectivity index (χ2v) is 10.5. The summed E-state index contributed by atoms with van der Waals surface area (Å²) in [7, 11) is 3.15. The van der Waals surface area contributed by atoms with Crippen molar-refractivity contribution in [3.05, 3.63) is 75.2 Å². The van der Waals surface area contributed by atoms with Gasteiger partial charge in [0.2, 0.25) is 5.91 Å². The third-order valence-corrected chi connectivity index (χ3v) is 7.80. The Morgan fingerprint density at radius 2 is 1.83 bits per heavy atom. The van der Waals surface area contributed by atoms with Crippen LogP contribution in [-0.4, -0.2) is 40.6 Å². The van der Waals surface area contributed by atoms with Crippen molar-refractivity contribution in [1.29, 1.82) is 0 Å². The highest BCUT2D eigenvalue weighted by molar-refractivity contribution is 7.10. The van der Waals surface area contributed by atoms with Crippen LogP contribution in [-0.2, 0) is 27.8 Å². The molecule has 1 saturated carbocycles. The first-order valence-electron chi connectivity index (χ1n) is 12.4. The van der Waals surface area contributed by atoms with Crippen LogP contribution >= 0.6 is 11.3 Å². The van der Waals surface area contributed by atoms with Gasteiger partial charge in [0.15, 0.2) is 0 Å². The Hall–Kier alpha value is -3.26. The predicted molar refractivity (Wildman–Crippen MR) is 139 cm³/mol. The molecule has 0 spiro atoms. The molecule has 1 fully saturated rings. The molecule has 2 atom stereocenters. The highest BCUT2D eigenvalue weighted by Gasteiger charge is 2.39. The molecule has 190 valence electrons. The SMILES string of the molecule is COC(=O)c1ccc(C(C(=O)Cc2cccs2)C(C(=O)NC2CCCCC2)c2cn(C)nc2C)cc1. The van der Waals surface area contributed by atoms with Crippen molar-refractivity contribution in [3.8, 4) is 0 Å². The van der Waals surface area contributed by atoms with E-state index in [1.54, 1.807) is 28.9 Å². The molecular weight excluding hydrogens is 474 g/mol. The second-order valence-electron chi connectivity index (χ2n) is 9.48. The Balaban J connectivity index is 1.76. The minimum Gasteiger partial charge on any atom is -0.465 e. The van der Waals surface area contributed by atoms with Gasteiger partial charge in [-0.3, -0.25) is 14.3 Å². The molecule has 0 bridgehead atoms. The van der Waals surface area contributed by atoms with Crippen LogP contribution in [0.1, 0.15) is 76.0 Å². The zero-order valence-electron chi connectivity index (χ0n) is 21.0. The summed E-state index contributed by atoms with van der Waals surface area (Å²) in [6.45, 7) is 1.87. The van der Waals surface area contributed by atoms with E-state index in [0.29, 0.717) is 11.1 Å². The fraction of sp³-hybridized carbons (Fsp3) is 0.429. The molecule has 8 heteroatoms. The Morgan fingerprint density at radius 3 is 2.42 bits per heavy atom. The summed E-state index contributed by atoms with van der Waals surface area (Å²) in [4.78, 5) is 40.8. The normalized spacial score (nSPS) is 15.8. The van der Waals surface area contributed by atoms with Gasteiger partial charge in [-0.15, -0.1) is 11.3 Å². The summed E-state index contributed by atoms with van der Waals surface area (Å²) >= 11 is 1.53. The smallest absolute Gasteiger partial charge is 0.337 e. The van der Waals surface area contributed by atoms with E-state index in [-0.39, 0.29) is 24.2 Å². The molecule has 1 aliphatic carbocycles. The molecule has 0 saturated heterocycles. The lowest BCUT2D eigenvalue weighted by atomic mass is 9.77. The van der Waals surface area contributed by atoms with Gasteiger partial charge < -0.3 is 10.1 Å². The molecule has 1 aliphatic rings. The number of nitrogens with one attached hydrogen (secondary N) is 1. The van der Waals surface area contributed by atoms with Crippen LogP contribution in [0.2, 0.25) is 0 Å². The summed E-state index contributed by atoms with van der Waals surface area (Å²) in [5.41, 5.74) is 2.55. The molecule has 1 N–H and O–H groups in total. The number of rotatable bonds is 9. The molecule has 0 radical (unpaired) electrons. The number of amides is 1. The number of Topliss-reactive ketones (excluding diaryl/α,β-unsaturated/α-hetero) is 1. The highest BCUT2D eigenvalue weighted by Crippen LogP contribution is 2.37. The minimum atomic E-state index is -0.739. The average molecular weight is 508 g/mol. The largest absolute Gasteiger partial charge is 0.465 e. The van der Waals surface area contributed by atoms with Crippen molar-refractivity contribution in [2.75, 3.05) is 7.11 Å². The first-order valence-corrected chi connectivity index (χ1v) is 13.3. The molecule has 2 unspecified atom stereocenters. The summed E-state index contributed by atoms with van der Waals surface area (Å²) in [5, 5.41) is 9.69. The molecule has 1 amide bonds. The Morgan fingerprint density at radius 1 is 1.11 bits per heavy atom. The quantitative estimate of drug-likeness (QED) is 0.424. The maximum absolute atomic E-state index is 13.9. The number of carbonyl (C=O) groups is 3. The molecule has 1 aromatic carbocycles. The van der Waals surface area contributed by atoms with Crippen LogP contribution in [0, 0.1) is 6.92 Å². The fourth-order valence-electron chi connectivity index (χ4n) is 5.14. The molecule has 2 aromatic heterocycles. The number of carbonyl (C=O) groups excluding carboxylic acids is 3. The topological polar surface area (TPSA) is 90.3 Å². The lowest BCUT2D eigenvalue weighted by molar-refractivity contribution is -0.128. The molecule has 36 heavy (non-hydrogen) atoms. The maximum atomic E-state index is 13.9. The van der Waals surface area contributed by atoms with E-state index < -0.39 is 17.8 Å². The Kier molecular flexibility index (Phi) is 8.36. The van der Waals surface area contributed by atoms with Crippen molar-refractivity contribution >= 4 is 29.0 Å². The van der Waals surface area contributed by atoms with E-state index in [2.05, 4.69) is 10.4 Å². The molecule has 0 aliphatic heterocycles. The first-order chi connectivity index (χ1) is 17.4. The number of hydrogen-bond donors (Lipinski definition) is 1. The number of thiophene rings is 1. The zero-order valence-corrected chi connectivity index (χ0v) is 21.8. The third-order valence-electron chi connectivity index (χ3n) is 6.92. The highest BCUT2D eigenvalue weighted by atomic mass is 32.1. The van der Waals surface area contributed by atoms with Gasteiger partial charge in [-0.05, 0) is 48.9 Å². The predicted octanol–water partition coefficient (Wildman–Crippen LogP) is 4.70. The Bertz CT molecular complexity index is 1190. The van der Waals surface area contributed by atoms with Crippen LogP contribution in [0.15, 0.2) is 48.0 Å². The van der Waals surface area contributed by atoms with Crippen molar-refractivity contribution in [1.82, 2.24) is 15.1 Å². The van der Waals surface area contributed by atoms with Gasteiger partial charge in [-0.2, -0.15) is 5.10 Å². The van der Waals surface area contributed by atoms with Gasteiger partial charge in [0, 0.05) is 36.1 Å². The molecule has 3 aromatic rings. The number of esters is 1. The molecule has 7 nitrogen and oxygen atoms in total. The van der Waals surface area contributed by atoms with Gasteiger partial charge in [0.05, 0.1) is 30.2 Å².